The molecular formula is C15H18N2O4S. The largest absolute Gasteiger partial charge is 0.493 e. The number of hydrogen-bond donors (Lipinski definition) is 0. The van der Waals surface area contributed by atoms with Crippen molar-refractivity contribution in [1.82, 2.24) is 9.29 Å². The van der Waals surface area contributed by atoms with Crippen LogP contribution in [0.1, 0.15) is 5.56 Å². The molecule has 0 unspecified atom stereocenters. The van der Waals surface area contributed by atoms with Gasteiger partial charge in [0.05, 0.1) is 19.1 Å². The highest BCUT2D eigenvalue weighted by molar-refractivity contribution is 7.89. The lowest BCUT2D eigenvalue weighted by Gasteiger charge is -2.18. The quantitative estimate of drug-likeness (QED) is 0.813. The highest BCUT2D eigenvalue weighted by Gasteiger charge is 2.22. The molecule has 2 aromatic rings. The lowest BCUT2D eigenvalue weighted by molar-refractivity contribution is 0.353. The van der Waals surface area contributed by atoms with E-state index in [2.05, 4.69) is 4.98 Å². The molecule has 0 spiro atoms. The minimum absolute atomic E-state index is 0.150. The van der Waals surface area contributed by atoms with Crippen molar-refractivity contribution in [1.29, 1.82) is 0 Å². The minimum atomic E-state index is -3.62. The fourth-order valence-electron chi connectivity index (χ4n) is 1.99. The molecule has 0 N–H and O–H groups in total. The molecule has 0 saturated carbocycles. The van der Waals surface area contributed by atoms with E-state index in [-0.39, 0.29) is 11.4 Å². The van der Waals surface area contributed by atoms with Gasteiger partial charge in [-0.25, -0.2) is 8.42 Å². The Morgan fingerprint density at radius 3 is 2.45 bits per heavy atom. The van der Waals surface area contributed by atoms with E-state index in [1.807, 2.05) is 6.07 Å². The van der Waals surface area contributed by atoms with Crippen LogP contribution in [-0.4, -0.2) is 39.0 Å². The summed E-state index contributed by atoms with van der Waals surface area (Å²) >= 11 is 0. The second-order valence-corrected chi connectivity index (χ2v) is 6.68. The van der Waals surface area contributed by atoms with Crippen LogP contribution in [0.5, 0.6) is 11.5 Å². The summed E-state index contributed by atoms with van der Waals surface area (Å²) in [5, 5.41) is 0. The van der Waals surface area contributed by atoms with E-state index in [0.29, 0.717) is 11.5 Å². The van der Waals surface area contributed by atoms with Crippen LogP contribution in [0, 0.1) is 0 Å². The predicted molar refractivity (Wildman–Crippen MR) is 82.4 cm³/mol. The molecule has 7 heteroatoms. The molecule has 1 aromatic carbocycles. The zero-order chi connectivity index (χ0) is 16.2. The van der Waals surface area contributed by atoms with Crippen molar-refractivity contribution in [2.24, 2.45) is 0 Å². The van der Waals surface area contributed by atoms with Crippen LogP contribution in [0.2, 0.25) is 0 Å². The Kier molecular flexibility index (Phi) is 4.99. The third kappa shape index (κ3) is 3.37. The smallest absolute Gasteiger partial charge is 0.243 e. The molecule has 0 saturated heterocycles. The Morgan fingerprint density at radius 1 is 1.14 bits per heavy atom. The molecule has 0 amide bonds. The van der Waals surface area contributed by atoms with Crippen LogP contribution < -0.4 is 9.47 Å². The van der Waals surface area contributed by atoms with Gasteiger partial charge in [0.25, 0.3) is 0 Å². The van der Waals surface area contributed by atoms with Crippen molar-refractivity contribution in [3.05, 3.63) is 48.3 Å². The molecule has 1 aromatic heterocycles. The third-order valence-corrected chi connectivity index (χ3v) is 4.99. The molecule has 2 rings (SSSR count). The van der Waals surface area contributed by atoms with Gasteiger partial charge in [-0.2, -0.15) is 4.31 Å². The van der Waals surface area contributed by atoms with Gasteiger partial charge in [-0.05, 0) is 23.8 Å². The number of hydrogen-bond acceptors (Lipinski definition) is 5. The Bertz CT molecular complexity index is 732. The average Bonchev–Trinajstić information content (AvgIpc) is 2.54. The van der Waals surface area contributed by atoms with Crippen molar-refractivity contribution in [3.63, 3.8) is 0 Å². The summed E-state index contributed by atoms with van der Waals surface area (Å²) in [6, 6.07) is 8.12. The molecule has 22 heavy (non-hydrogen) atoms. The maximum absolute atomic E-state index is 12.6. The third-order valence-electron chi connectivity index (χ3n) is 3.19. The summed E-state index contributed by atoms with van der Waals surface area (Å²) in [5.74, 6) is 0.856. The number of methoxy groups -OCH3 is 2. The topological polar surface area (TPSA) is 68.7 Å². The van der Waals surface area contributed by atoms with Crippen molar-refractivity contribution >= 4 is 10.0 Å². The molecule has 0 aliphatic rings. The molecule has 6 nitrogen and oxygen atoms in total. The molecule has 0 fully saturated rings. The average molecular weight is 322 g/mol. The zero-order valence-corrected chi connectivity index (χ0v) is 13.5. The van der Waals surface area contributed by atoms with E-state index < -0.39 is 10.0 Å². The van der Waals surface area contributed by atoms with Crippen LogP contribution in [0.3, 0.4) is 0 Å². The van der Waals surface area contributed by atoms with Crippen molar-refractivity contribution in [2.45, 2.75) is 11.4 Å². The maximum Gasteiger partial charge on any atom is 0.243 e. The van der Waals surface area contributed by atoms with Crippen LogP contribution >= 0.6 is 0 Å². The summed E-state index contributed by atoms with van der Waals surface area (Å²) in [6.07, 6.45) is 3.28. The standard InChI is InChI=1S/C15H18N2O4S/c1-17(11-12-5-4-8-16-10-12)22(18,19)13-6-7-14(20-2)15(9-13)21-3/h4-10H,11H2,1-3H3. The van der Waals surface area contributed by atoms with Crippen LogP contribution in [0.25, 0.3) is 0 Å². The van der Waals surface area contributed by atoms with Gasteiger partial charge >= 0.3 is 0 Å². The van der Waals surface area contributed by atoms with Gasteiger partial charge in [-0.1, -0.05) is 6.07 Å². The first-order chi connectivity index (χ1) is 10.5. The normalized spacial score (nSPS) is 11.5. The SMILES string of the molecule is COc1ccc(S(=O)(=O)N(C)Cc2cccnc2)cc1OC. The van der Waals surface area contributed by atoms with E-state index in [1.165, 1.54) is 37.7 Å². The van der Waals surface area contributed by atoms with Gasteiger partial charge in [0.15, 0.2) is 11.5 Å². The minimum Gasteiger partial charge on any atom is -0.493 e. The molecule has 0 bridgehead atoms. The van der Waals surface area contributed by atoms with Crippen LogP contribution in [0.15, 0.2) is 47.6 Å². The second-order valence-electron chi connectivity index (χ2n) is 4.64. The lowest BCUT2D eigenvalue weighted by Crippen LogP contribution is -2.26. The molecule has 0 atom stereocenters. The molecule has 118 valence electrons. The summed E-state index contributed by atoms with van der Waals surface area (Å²) in [5.41, 5.74) is 0.814. The van der Waals surface area contributed by atoms with Gasteiger partial charge in [-0.3, -0.25) is 4.98 Å². The number of sulfonamides is 1. The summed E-state index contributed by atoms with van der Waals surface area (Å²) in [4.78, 5) is 4.13. The molecular weight excluding hydrogens is 304 g/mol. The van der Waals surface area contributed by atoms with Crippen molar-refractivity contribution in [2.75, 3.05) is 21.3 Å². The first kappa shape index (κ1) is 16.3. The number of benzene rings is 1. The van der Waals surface area contributed by atoms with Gasteiger partial charge in [0, 0.05) is 32.1 Å². The molecule has 0 aliphatic carbocycles. The summed E-state index contributed by atoms with van der Waals surface area (Å²) in [7, 11) is 0.869. The van der Waals surface area contributed by atoms with E-state index in [9.17, 15) is 8.42 Å². The van der Waals surface area contributed by atoms with Gasteiger partial charge < -0.3 is 9.47 Å². The number of pyridine rings is 1. The van der Waals surface area contributed by atoms with E-state index in [4.69, 9.17) is 9.47 Å². The first-order valence-corrected chi connectivity index (χ1v) is 8.00. The Labute approximate surface area is 130 Å². The monoisotopic (exact) mass is 322 g/mol. The molecule has 1 heterocycles. The van der Waals surface area contributed by atoms with Crippen molar-refractivity contribution < 1.29 is 17.9 Å². The Morgan fingerprint density at radius 2 is 1.86 bits per heavy atom. The summed E-state index contributed by atoms with van der Waals surface area (Å²) in [6.45, 7) is 0.241. The number of ether oxygens (including phenoxy) is 2. The van der Waals surface area contributed by atoms with Crippen LogP contribution in [0.4, 0.5) is 0 Å². The fourth-order valence-corrected chi connectivity index (χ4v) is 3.17. The zero-order valence-electron chi connectivity index (χ0n) is 12.7. The lowest BCUT2D eigenvalue weighted by atomic mass is 10.3. The second kappa shape index (κ2) is 6.76. The van der Waals surface area contributed by atoms with E-state index in [1.54, 1.807) is 24.5 Å². The first-order valence-electron chi connectivity index (χ1n) is 6.56. The maximum atomic E-state index is 12.6. The summed E-state index contributed by atoms with van der Waals surface area (Å²) < 4.78 is 36.8. The van der Waals surface area contributed by atoms with Crippen LogP contribution in [-0.2, 0) is 16.6 Å². The van der Waals surface area contributed by atoms with E-state index in [0.717, 1.165) is 5.56 Å². The van der Waals surface area contributed by atoms with Crippen molar-refractivity contribution in [3.8, 4) is 11.5 Å². The van der Waals surface area contributed by atoms with Gasteiger partial charge in [-0.15, -0.1) is 0 Å². The fraction of sp³-hybridized carbons (Fsp3) is 0.267. The van der Waals surface area contributed by atoms with Gasteiger partial charge in [0.1, 0.15) is 0 Å². The number of rotatable bonds is 6. The number of aromatic nitrogens is 1. The van der Waals surface area contributed by atoms with E-state index >= 15 is 0 Å². The Hall–Kier alpha value is -2.12. The van der Waals surface area contributed by atoms with Gasteiger partial charge in [0.2, 0.25) is 10.0 Å². The number of nitrogens with zero attached hydrogens (tertiary/aromatic N) is 2. The predicted octanol–water partition coefficient (Wildman–Crippen LogP) is 1.92. The molecule has 0 aliphatic heterocycles. The Balaban J connectivity index is 2.29. The highest BCUT2D eigenvalue weighted by Crippen LogP contribution is 2.30. The molecule has 0 radical (unpaired) electrons. The highest BCUT2D eigenvalue weighted by atomic mass is 32.2.